The number of nitrogens with zero attached hydrogens (tertiary/aromatic N) is 1. The summed E-state index contributed by atoms with van der Waals surface area (Å²) in [5.41, 5.74) is 0.153. The van der Waals surface area contributed by atoms with Crippen molar-refractivity contribution in [2.45, 2.75) is 43.7 Å². The van der Waals surface area contributed by atoms with E-state index in [2.05, 4.69) is 10.6 Å². The number of hydrogen-bond acceptors (Lipinski definition) is 5. The van der Waals surface area contributed by atoms with E-state index in [9.17, 15) is 22.8 Å². The first kappa shape index (κ1) is 17.4. The van der Waals surface area contributed by atoms with Crippen LogP contribution < -0.4 is 10.6 Å². The van der Waals surface area contributed by atoms with Crippen LogP contribution in [0.25, 0.3) is 0 Å². The first-order valence-corrected chi connectivity index (χ1v) is 9.49. The van der Waals surface area contributed by atoms with Gasteiger partial charge < -0.3 is 10.6 Å². The van der Waals surface area contributed by atoms with Crippen LogP contribution >= 0.6 is 0 Å². The minimum Gasteiger partial charge on any atom is -0.354 e. The van der Waals surface area contributed by atoms with Gasteiger partial charge in [0.2, 0.25) is 5.91 Å². The fraction of sp³-hybridized carbons (Fsp3) is 0.438. The molecule has 3 amide bonds. The highest BCUT2D eigenvalue weighted by molar-refractivity contribution is 7.90. The average Bonchev–Trinajstić information content (AvgIpc) is 2.75. The summed E-state index contributed by atoms with van der Waals surface area (Å²) < 4.78 is 25.9. The molecule has 2 aliphatic rings. The molecule has 1 unspecified atom stereocenters. The summed E-state index contributed by atoms with van der Waals surface area (Å²) in [6, 6.07) is 2.77. The van der Waals surface area contributed by atoms with Gasteiger partial charge in [0.15, 0.2) is 0 Å². The van der Waals surface area contributed by atoms with Crippen LogP contribution in [0.5, 0.6) is 0 Å². The Morgan fingerprint density at radius 1 is 1.32 bits per heavy atom. The fourth-order valence-electron chi connectivity index (χ4n) is 3.05. The molecule has 1 atom stereocenters. The molecule has 0 aromatic heterocycles. The Morgan fingerprint density at radius 3 is 2.68 bits per heavy atom. The number of fused-ring (bicyclic) bond motifs is 1. The molecule has 8 nitrogen and oxygen atoms in total. The van der Waals surface area contributed by atoms with Crippen molar-refractivity contribution in [3.8, 4) is 0 Å². The monoisotopic (exact) mass is 365 g/mol. The van der Waals surface area contributed by atoms with E-state index in [1.54, 1.807) is 13.8 Å². The Bertz CT molecular complexity index is 863. The van der Waals surface area contributed by atoms with Gasteiger partial charge in [0, 0.05) is 18.2 Å². The molecule has 2 heterocycles. The lowest BCUT2D eigenvalue weighted by molar-refractivity contribution is -0.124. The Balaban J connectivity index is 1.90. The molecule has 2 N–H and O–H groups in total. The van der Waals surface area contributed by atoms with Crippen LogP contribution in [0.3, 0.4) is 0 Å². The predicted molar refractivity (Wildman–Crippen MR) is 88.4 cm³/mol. The van der Waals surface area contributed by atoms with Crippen LogP contribution in [-0.2, 0) is 14.8 Å². The number of amides is 3. The molecule has 0 bridgehead atoms. The quantitative estimate of drug-likeness (QED) is 0.797. The van der Waals surface area contributed by atoms with Crippen molar-refractivity contribution in [3.05, 3.63) is 29.3 Å². The van der Waals surface area contributed by atoms with Gasteiger partial charge >= 0.3 is 0 Å². The molecule has 0 spiro atoms. The molecule has 3 rings (SSSR count). The Kier molecular flexibility index (Phi) is 4.28. The largest absolute Gasteiger partial charge is 0.354 e. The van der Waals surface area contributed by atoms with Gasteiger partial charge in [0.25, 0.3) is 21.8 Å². The maximum Gasteiger partial charge on any atom is 0.269 e. The topological polar surface area (TPSA) is 113 Å². The van der Waals surface area contributed by atoms with E-state index >= 15 is 0 Å². The van der Waals surface area contributed by atoms with Crippen LogP contribution in [-0.4, -0.2) is 49.1 Å². The third kappa shape index (κ3) is 2.88. The van der Waals surface area contributed by atoms with Crippen molar-refractivity contribution in [2.24, 2.45) is 0 Å². The highest BCUT2D eigenvalue weighted by Gasteiger charge is 2.43. The maximum atomic E-state index is 12.6. The number of carbonyl (C=O) groups excluding carboxylic acids is 3. The predicted octanol–water partition coefficient (Wildman–Crippen LogP) is 0.248. The highest BCUT2D eigenvalue weighted by Crippen LogP contribution is 2.32. The number of nitrogens with one attached hydrogen (secondary N) is 2. The molecule has 2 aliphatic heterocycles. The minimum atomic E-state index is -3.97. The van der Waals surface area contributed by atoms with Crippen molar-refractivity contribution in [2.75, 3.05) is 6.54 Å². The lowest BCUT2D eigenvalue weighted by Gasteiger charge is -2.22. The van der Waals surface area contributed by atoms with Crippen molar-refractivity contribution >= 4 is 27.7 Å². The third-order valence-corrected chi connectivity index (χ3v) is 6.27. The summed E-state index contributed by atoms with van der Waals surface area (Å²) in [6.07, 6.45) is 1.29. The maximum absolute atomic E-state index is 12.6. The number of hydrogen-bond donors (Lipinski definition) is 2. The molecule has 1 fully saturated rings. The number of carbonyl (C=O) groups is 3. The van der Waals surface area contributed by atoms with E-state index in [1.165, 1.54) is 18.2 Å². The Labute approximate surface area is 145 Å². The van der Waals surface area contributed by atoms with Crippen LogP contribution in [0.2, 0.25) is 0 Å². The van der Waals surface area contributed by atoms with Gasteiger partial charge in [-0.25, -0.2) is 12.7 Å². The molecule has 1 aromatic rings. The number of sulfonamides is 1. The Morgan fingerprint density at radius 2 is 2.04 bits per heavy atom. The molecule has 1 saturated heterocycles. The van der Waals surface area contributed by atoms with Gasteiger partial charge in [-0.1, -0.05) is 0 Å². The summed E-state index contributed by atoms with van der Waals surface area (Å²) in [6.45, 7) is 3.79. The SMILES string of the molecule is CC(C)N1C(=O)c2ccc(C(=O)NC3CCCNC3=O)cc2S1(=O)=O. The first-order valence-electron chi connectivity index (χ1n) is 8.05. The fourth-order valence-corrected chi connectivity index (χ4v) is 4.84. The zero-order chi connectivity index (χ0) is 18.4. The van der Waals surface area contributed by atoms with Gasteiger partial charge in [-0.3, -0.25) is 14.4 Å². The smallest absolute Gasteiger partial charge is 0.269 e. The number of piperidine rings is 1. The zero-order valence-corrected chi connectivity index (χ0v) is 14.7. The van der Waals surface area contributed by atoms with Gasteiger partial charge in [-0.05, 0) is 44.9 Å². The molecule has 0 saturated carbocycles. The Hall–Kier alpha value is -2.42. The van der Waals surface area contributed by atoms with E-state index in [0.29, 0.717) is 13.0 Å². The van der Waals surface area contributed by atoms with Gasteiger partial charge in [-0.2, -0.15) is 0 Å². The van der Waals surface area contributed by atoms with Crippen molar-refractivity contribution in [1.82, 2.24) is 14.9 Å². The second kappa shape index (κ2) is 6.14. The van der Waals surface area contributed by atoms with Crippen LogP contribution in [0.15, 0.2) is 23.1 Å². The molecule has 25 heavy (non-hydrogen) atoms. The van der Waals surface area contributed by atoms with Crippen molar-refractivity contribution in [3.63, 3.8) is 0 Å². The average molecular weight is 365 g/mol. The first-order chi connectivity index (χ1) is 11.7. The molecule has 9 heteroatoms. The van der Waals surface area contributed by atoms with E-state index in [4.69, 9.17) is 0 Å². The zero-order valence-electron chi connectivity index (χ0n) is 13.9. The number of rotatable bonds is 3. The standard InChI is InChI=1S/C16H19N3O5S/c1-9(2)19-16(22)11-6-5-10(8-13(11)25(19,23)24)14(20)18-12-4-3-7-17-15(12)21/h5-6,8-9,12H,3-4,7H2,1-2H3,(H,17,21)(H,18,20). The molecule has 134 valence electrons. The van der Waals surface area contributed by atoms with Crippen LogP contribution in [0, 0.1) is 0 Å². The third-order valence-electron chi connectivity index (χ3n) is 4.27. The van der Waals surface area contributed by atoms with Gasteiger partial charge in [0.05, 0.1) is 5.56 Å². The van der Waals surface area contributed by atoms with E-state index in [-0.39, 0.29) is 21.9 Å². The van der Waals surface area contributed by atoms with E-state index in [1.807, 2.05) is 0 Å². The van der Waals surface area contributed by atoms with E-state index in [0.717, 1.165) is 10.7 Å². The second-order valence-corrected chi connectivity index (χ2v) is 8.15. The normalized spacial score (nSPS) is 21.9. The van der Waals surface area contributed by atoms with E-state index < -0.39 is 33.9 Å². The molecule has 1 aromatic carbocycles. The molecular formula is C16H19N3O5S. The number of benzene rings is 1. The van der Waals surface area contributed by atoms with Crippen molar-refractivity contribution in [1.29, 1.82) is 0 Å². The van der Waals surface area contributed by atoms with Gasteiger partial charge in [-0.15, -0.1) is 0 Å². The van der Waals surface area contributed by atoms with Crippen LogP contribution in [0.4, 0.5) is 0 Å². The lowest BCUT2D eigenvalue weighted by Crippen LogP contribution is -2.50. The summed E-state index contributed by atoms with van der Waals surface area (Å²) >= 11 is 0. The van der Waals surface area contributed by atoms with Crippen LogP contribution in [0.1, 0.15) is 47.4 Å². The summed E-state index contributed by atoms with van der Waals surface area (Å²) in [7, 11) is -3.97. The van der Waals surface area contributed by atoms with Crippen molar-refractivity contribution < 1.29 is 22.8 Å². The molecule has 0 radical (unpaired) electrons. The summed E-state index contributed by atoms with van der Waals surface area (Å²) in [5, 5.41) is 5.27. The molecule has 0 aliphatic carbocycles. The minimum absolute atomic E-state index is 0.0562. The second-order valence-electron chi connectivity index (χ2n) is 6.37. The summed E-state index contributed by atoms with van der Waals surface area (Å²) in [5.74, 6) is -1.39. The summed E-state index contributed by atoms with van der Waals surface area (Å²) in [4.78, 5) is 36.2. The molecular weight excluding hydrogens is 346 g/mol. The highest BCUT2D eigenvalue weighted by atomic mass is 32.2. The van der Waals surface area contributed by atoms with Gasteiger partial charge in [0.1, 0.15) is 10.9 Å². The lowest BCUT2D eigenvalue weighted by atomic mass is 10.1.